The van der Waals surface area contributed by atoms with E-state index < -0.39 is 0 Å². The fourth-order valence-electron chi connectivity index (χ4n) is 1.06. The largest absolute Gasteiger partial charge is 0.466 e. The van der Waals surface area contributed by atoms with Crippen molar-refractivity contribution in [3.63, 3.8) is 0 Å². The minimum Gasteiger partial charge on any atom is -0.466 e. The van der Waals surface area contributed by atoms with Crippen LogP contribution in [0.3, 0.4) is 0 Å². The number of hydrogen-bond donors (Lipinski definition) is 1. The highest BCUT2D eigenvalue weighted by molar-refractivity contribution is 5.76. The Balaban J connectivity index is 4.08. The lowest BCUT2D eigenvalue weighted by Gasteiger charge is -2.12. The van der Waals surface area contributed by atoms with Gasteiger partial charge in [0.2, 0.25) is 5.91 Å². The van der Waals surface area contributed by atoms with Crippen LogP contribution in [0.25, 0.3) is 0 Å². The van der Waals surface area contributed by atoms with E-state index in [1.807, 2.05) is 6.92 Å². The van der Waals surface area contributed by atoms with E-state index in [1.165, 1.54) is 6.92 Å². The lowest BCUT2D eigenvalue weighted by Crippen LogP contribution is -2.33. The normalized spacial score (nSPS) is 12.5. The summed E-state index contributed by atoms with van der Waals surface area (Å²) in [5, 5.41) is 2.64. The molecule has 0 aromatic rings. The fraction of sp³-hybridized carbons (Fsp3) is 0.600. The number of ether oxygens (including phenoxy) is 1. The third kappa shape index (κ3) is 6.22. The van der Waals surface area contributed by atoms with Gasteiger partial charge >= 0.3 is 5.97 Å². The fourth-order valence-corrected chi connectivity index (χ4v) is 1.06. The highest BCUT2D eigenvalue weighted by atomic mass is 16.5. The maximum absolute atomic E-state index is 11.1. The van der Waals surface area contributed by atoms with Gasteiger partial charge in [-0.05, 0) is 13.8 Å². The van der Waals surface area contributed by atoms with E-state index in [0.717, 1.165) is 0 Å². The quantitative estimate of drug-likeness (QED) is 0.531. The number of carbonyl (C=O) groups excluding carboxylic acids is 2. The maximum Gasteiger partial charge on any atom is 0.308 e. The molecule has 1 N–H and O–H groups in total. The lowest BCUT2D eigenvalue weighted by atomic mass is 10.2. The Hall–Kier alpha value is -1.32. The Labute approximate surface area is 84.3 Å². The zero-order chi connectivity index (χ0) is 11.0. The van der Waals surface area contributed by atoms with Gasteiger partial charge in [-0.1, -0.05) is 12.2 Å². The van der Waals surface area contributed by atoms with Crippen LogP contribution in [-0.4, -0.2) is 24.5 Å². The molecule has 4 nitrogen and oxygen atoms in total. The minimum absolute atomic E-state index is 0.155. The smallest absolute Gasteiger partial charge is 0.308 e. The molecule has 1 amide bonds. The van der Waals surface area contributed by atoms with Crippen molar-refractivity contribution in [1.29, 1.82) is 0 Å². The van der Waals surface area contributed by atoms with Crippen molar-refractivity contribution >= 4 is 11.9 Å². The van der Waals surface area contributed by atoms with Crippen LogP contribution in [0.1, 0.15) is 27.2 Å². The van der Waals surface area contributed by atoms with Gasteiger partial charge in [0.15, 0.2) is 0 Å². The molecule has 0 bridgehead atoms. The second-order valence-corrected chi connectivity index (χ2v) is 2.84. The number of carbonyl (C=O) groups is 2. The van der Waals surface area contributed by atoms with E-state index in [-0.39, 0.29) is 24.3 Å². The van der Waals surface area contributed by atoms with E-state index >= 15 is 0 Å². The molecular weight excluding hydrogens is 182 g/mol. The minimum atomic E-state index is -0.302. The zero-order valence-electron chi connectivity index (χ0n) is 8.87. The Morgan fingerprint density at radius 2 is 2.14 bits per heavy atom. The molecule has 1 unspecified atom stereocenters. The SMILES string of the molecule is CC=CC(CC(=O)OCC)NC(C)=O. The Morgan fingerprint density at radius 1 is 1.50 bits per heavy atom. The van der Waals surface area contributed by atoms with E-state index in [2.05, 4.69) is 5.32 Å². The summed E-state index contributed by atoms with van der Waals surface area (Å²) in [6, 6.07) is -0.267. The van der Waals surface area contributed by atoms with Crippen molar-refractivity contribution in [3.05, 3.63) is 12.2 Å². The van der Waals surface area contributed by atoms with Crippen molar-refractivity contribution in [2.24, 2.45) is 0 Å². The van der Waals surface area contributed by atoms with Gasteiger partial charge in [-0.25, -0.2) is 0 Å². The first-order valence-corrected chi connectivity index (χ1v) is 4.65. The topological polar surface area (TPSA) is 55.4 Å². The third-order valence-electron chi connectivity index (χ3n) is 1.51. The summed E-state index contributed by atoms with van der Waals surface area (Å²) >= 11 is 0. The van der Waals surface area contributed by atoms with Crippen LogP contribution in [0.15, 0.2) is 12.2 Å². The van der Waals surface area contributed by atoms with Gasteiger partial charge in [0, 0.05) is 6.92 Å². The second-order valence-electron chi connectivity index (χ2n) is 2.84. The van der Waals surface area contributed by atoms with E-state index in [1.54, 1.807) is 19.1 Å². The maximum atomic E-state index is 11.1. The second kappa shape index (κ2) is 7.12. The van der Waals surface area contributed by atoms with Crippen molar-refractivity contribution < 1.29 is 14.3 Å². The molecule has 0 aliphatic rings. The number of esters is 1. The molecular formula is C10H17NO3. The van der Waals surface area contributed by atoms with E-state index in [0.29, 0.717) is 6.61 Å². The molecule has 0 saturated heterocycles. The van der Waals surface area contributed by atoms with Crippen molar-refractivity contribution in [1.82, 2.24) is 5.32 Å². The summed E-state index contributed by atoms with van der Waals surface area (Å²) in [6.07, 6.45) is 3.73. The first-order chi connectivity index (χ1) is 6.60. The van der Waals surface area contributed by atoms with Crippen molar-refractivity contribution in [2.45, 2.75) is 33.2 Å². The van der Waals surface area contributed by atoms with Crippen LogP contribution in [-0.2, 0) is 14.3 Å². The number of nitrogens with one attached hydrogen (secondary N) is 1. The molecule has 0 rings (SSSR count). The first-order valence-electron chi connectivity index (χ1n) is 4.65. The molecule has 0 aromatic heterocycles. The first kappa shape index (κ1) is 12.7. The lowest BCUT2D eigenvalue weighted by molar-refractivity contribution is -0.143. The van der Waals surface area contributed by atoms with Crippen molar-refractivity contribution in [3.8, 4) is 0 Å². The van der Waals surface area contributed by atoms with Crippen LogP contribution < -0.4 is 5.32 Å². The highest BCUT2D eigenvalue weighted by Crippen LogP contribution is 1.97. The summed E-state index contributed by atoms with van der Waals surface area (Å²) < 4.78 is 4.78. The van der Waals surface area contributed by atoms with Gasteiger partial charge in [0.05, 0.1) is 19.1 Å². The molecule has 0 fully saturated rings. The highest BCUT2D eigenvalue weighted by Gasteiger charge is 2.11. The van der Waals surface area contributed by atoms with E-state index in [9.17, 15) is 9.59 Å². The monoisotopic (exact) mass is 199 g/mol. The van der Waals surface area contributed by atoms with Gasteiger partial charge in [0.25, 0.3) is 0 Å². The number of allylic oxidation sites excluding steroid dienone is 1. The average Bonchev–Trinajstić information content (AvgIpc) is 2.03. The predicted molar refractivity (Wildman–Crippen MR) is 53.7 cm³/mol. The van der Waals surface area contributed by atoms with E-state index in [4.69, 9.17) is 4.74 Å². The van der Waals surface area contributed by atoms with Gasteiger partial charge in [-0.15, -0.1) is 0 Å². The van der Waals surface area contributed by atoms with Crippen molar-refractivity contribution in [2.75, 3.05) is 6.61 Å². The summed E-state index contributed by atoms with van der Waals surface area (Å²) in [5.41, 5.74) is 0. The Kier molecular flexibility index (Phi) is 6.45. The van der Waals surface area contributed by atoms with Gasteiger partial charge in [0.1, 0.15) is 0 Å². The number of amides is 1. The summed E-state index contributed by atoms with van der Waals surface area (Å²) in [5.74, 6) is -0.457. The van der Waals surface area contributed by atoms with Crippen LogP contribution in [0.4, 0.5) is 0 Å². The number of rotatable bonds is 5. The third-order valence-corrected chi connectivity index (χ3v) is 1.51. The molecule has 4 heteroatoms. The molecule has 0 aliphatic carbocycles. The van der Waals surface area contributed by atoms with Gasteiger partial charge in [-0.3, -0.25) is 9.59 Å². The van der Waals surface area contributed by atoms with Crippen LogP contribution >= 0.6 is 0 Å². The van der Waals surface area contributed by atoms with Gasteiger partial charge in [-0.2, -0.15) is 0 Å². The summed E-state index contributed by atoms with van der Waals surface area (Å²) in [6.45, 7) is 5.37. The molecule has 0 aromatic carbocycles. The molecule has 0 saturated carbocycles. The molecule has 1 atom stereocenters. The predicted octanol–water partition coefficient (Wildman–Crippen LogP) is 1.02. The number of hydrogen-bond acceptors (Lipinski definition) is 3. The van der Waals surface area contributed by atoms with Crippen LogP contribution in [0.5, 0.6) is 0 Å². The molecule has 0 aliphatic heterocycles. The Bertz CT molecular complexity index is 223. The average molecular weight is 199 g/mol. The summed E-state index contributed by atoms with van der Waals surface area (Å²) in [4.78, 5) is 21.9. The van der Waals surface area contributed by atoms with Gasteiger partial charge < -0.3 is 10.1 Å². The molecule has 0 heterocycles. The Morgan fingerprint density at radius 3 is 2.57 bits per heavy atom. The van der Waals surface area contributed by atoms with Crippen LogP contribution in [0, 0.1) is 0 Å². The molecule has 0 spiro atoms. The standard InChI is InChI=1S/C10H17NO3/c1-4-6-9(11-8(3)12)7-10(13)14-5-2/h4,6,9H,5,7H2,1-3H3,(H,11,12). The summed E-state index contributed by atoms with van der Waals surface area (Å²) in [7, 11) is 0. The molecule has 80 valence electrons. The molecule has 14 heavy (non-hydrogen) atoms. The molecule has 0 radical (unpaired) electrons. The zero-order valence-corrected chi connectivity index (χ0v) is 8.87. The van der Waals surface area contributed by atoms with Crippen LogP contribution in [0.2, 0.25) is 0 Å².